The molecular formula is C24H23FN2O2. The maximum atomic E-state index is 13.0. The zero-order valence-corrected chi connectivity index (χ0v) is 16.5. The number of anilines is 1. The number of benzene rings is 3. The molecule has 0 fully saturated rings. The van der Waals surface area contributed by atoms with E-state index >= 15 is 0 Å². The first-order chi connectivity index (χ1) is 14.0. The van der Waals surface area contributed by atoms with Crippen LogP contribution in [-0.2, 0) is 6.54 Å². The lowest BCUT2D eigenvalue weighted by Crippen LogP contribution is -2.31. The van der Waals surface area contributed by atoms with Gasteiger partial charge >= 0.3 is 0 Å². The van der Waals surface area contributed by atoms with Crippen LogP contribution in [0.2, 0.25) is 0 Å². The van der Waals surface area contributed by atoms with Crippen LogP contribution in [0.4, 0.5) is 10.1 Å². The first kappa shape index (κ1) is 20.3. The fourth-order valence-electron chi connectivity index (χ4n) is 3.08. The van der Waals surface area contributed by atoms with Gasteiger partial charge in [-0.05, 0) is 67.4 Å². The number of nitrogens with one attached hydrogen (secondary N) is 1. The average molecular weight is 390 g/mol. The minimum atomic E-state index is -0.319. The van der Waals surface area contributed by atoms with Gasteiger partial charge in [-0.15, -0.1) is 0 Å². The summed E-state index contributed by atoms with van der Waals surface area (Å²) in [7, 11) is 0. The van der Waals surface area contributed by atoms with Crippen molar-refractivity contribution >= 4 is 17.5 Å². The molecule has 5 heteroatoms. The quantitative estimate of drug-likeness (QED) is 0.661. The number of halogens is 1. The summed E-state index contributed by atoms with van der Waals surface area (Å²) in [6.07, 6.45) is 0. The second-order valence-corrected chi connectivity index (χ2v) is 6.78. The maximum absolute atomic E-state index is 13.0. The molecule has 0 bridgehead atoms. The lowest BCUT2D eigenvalue weighted by Gasteiger charge is -2.22. The van der Waals surface area contributed by atoms with Gasteiger partial charge in [-0.3, -0.25) is 9.59 Å². The van der Waals surface area contributed by atoms with Crippen LogP contribution < -0.4 is 10.2 Å². The van der Waals surface area contributed by atoms with Crippen molar-refractivity contribution in [1.82, 2.24) is 5.32 Å². The van der Waals surface area contributed by atoms with Gasteiger partial charge in [0.2, 0.25) is 0 Å². The number of carbonyl (C=O) groups is 2. The Bertz CT molecular complexity index is 1020. The first-order valence-corrected chi connectivity index (χ1v) is 9.49. The highest BCUT2D eigenvalue weighted by Gasteiger charge is 2.17. The predicted octanol–water partition coefficient (Wildman–Crippen LogP) is 4.73. The minimum Gasteiger partial charge on any atom is -0.348 e. The van der Waals surface area contributed by atoms with Gasteiger partial charge in [0.05, 0.1) is 0 Å². The third-order valence-corrected chi connectivity index (χ3v) is 4.61. The highest BCUT2D eigenvalue weighted by atomic mass is 19.1. The minimum absolute atomic E-state index is 0.161. The molecule has 0 saturated heterocycles. The predicted molar refractivity (Wildman–Crippen MR) is 113 cm³/mol. The van der Waals surface area contributed by atoms with Crippen molar-refractivity contribution in [2.45, 2.75) is 20.4 Å². The molecule has 148 valence electrons. The molecule has 0 aliphatic rings. The van der Waals surface area contributed by atoms with Crippen LogP contribution >= 0.6 is 0 Å². The Morgan fingerprint density at radius 3 is 2.31 bits per heavy atom. The van der Waals surface area contributed by atoms with Crippen molar-refractivity contribution in [3.63, 3.8) is 0 Å². The summed E-state index contributed by atoms with van der Waals surface area (Å²) >= 11 is 0. The van der Waals surface area contributed by atoms with Crippen LogP contribution in [0.5, 0.6) is 0 Å². The molecule has 4 nitrogen and oxygen atoms in total. The van der Waals surface area contributed by atoms with Crippen molar-refractivity contribution in [3.05, 3.63) is 101 Å². The van der Waals surface area contributed by atoms with Gasteiger partial charge in [0.25, 0.3) is 11.8 Å². The van der Waals surface area contributed by atoms with E-state index in [2.05, 4.69) is 5.32 Å². The van der Waals surface area contributed by atoms with E-state index in [9.17, 15) is 14.0 Å². The van der Waals surface area contributed by atoms with Crippen molar-refractivity contribution in [3.8, 4) is 0 Å². The van der Waals surface area contributed by atoms with E-state index in [-0.39, 0.29) is 24.2 Å². The van der Waals surface area contributed by atoms with Crippen molar-refractivity contribution < 1.29 is 14.0 Å². The summed E-state index contributed by atoms with van der Waals surface area (Å²) in [5.74, 6) is -0.769. The summed E-state index contributed by atoms with van der Waals surface area (Å²) in [5.41, 5.74) is 3.54. The van der Waals surface area contributed by atoms with Gasteiger partial charge in [0.15, 0.2) is 0 Å². The third-order valence-electron chi connectivity index (χ3n) is 4.61. The molecule has 2 amide bonds. The van der Waals surface area contributed by atoms with Gasteiger partial charge in [-0.2, -0.15) is 0 Å². The number of hydrogen-bond acceptors (Lipinski definition) is 2. The van der Waals surface area contributed by atoms with Crippen LogP contribution in [0.25, 0.3) is 0 Å². The fraction of sp³-hybridized carbons (Fsp3) is 0.167. The van der Waals surface area contributed by atoms with E-state index in [0.717, 1.165) is 16.8 Å². The second kappa shape index (κ2) is 9.15. The van der Waals surface area contributed by atoms with Crippen molar-refractivity contribution in [1.29, 1.82) is 0 Å². The van der Waals surface area contributed by atoms with Crippen LogP contribution in [0, 0.1) is 12.7 Å². The molecule has 0 aliphatic heterocycles. The largest absolute Gasteiger partial charge is 0.348 e. The summed E-state index contributed by atoms with van der Waals surface area (Å²) < 4.78 is 13.0. The Morgan fingerprint density at radius 2 is 1.62 bits per heavy atom. The molecule has 3 rings (SSSR count). The summed E-state index contributed by atoms with van der Waals surface area (Å²) in [6, 6.07) is 20.4. The number of aryl methyl sites for hydroxylation is 1. The Labute approximate surface area is 170 Å². The molecule has 29 heavy (non-hydrogen) atoms. The Kier molecular flexibility index (Phi) is 6.39. The molecule has 3 aromatic carbocycles. The summed E-state index contributed by atoms with van der Waals surface area (Å²) in [5, 5.41) is 2.80. The van der Waals surface area contributed by atoms with Crippen molar-refractivity contribution in [2.75, 3.05) is 11.4 Å². The van der Waals surface area contributed by atoms with E-state index in [1.165, 1.54) is 12.1 Å². The van der Waals surface area contributed by atoms with E-state index in [0.29, 0.717) is 17.7 Å². The van der Waals surface area contributed by atoms with Gasteiger partial charge in [-0.25, -0.2) is 4.39 Å². The van der Waals surface area contributed by atoms with Gasteiger partial charge in [0.1, 0.15) is 5.82 Å². The molecule has 0 radical (unpaired) electrons. The second-order valence-electron chi connectivity index (χ2n) is 6.78. The van der Waals surface area contributed by atoms with Crippen LogP contribution in [-0.4, -0.2) is 18.4 Å². The lowest BCUT2D eigenvalue weighted by molar-refractivity contribution is 0.0951. The third kappa shape index (κ3) is 5.08. The molecule has 0 atom stereocenters. The fourth-order valence-corrected chi connectivity index (χ4v) is 3.08. The number of rotatable bonds is 6. The summed E-state index contributed by atoms with van der Waals surface area (Å²) in [6.45, 7) is 4.69. The topological polar surface area (TPSA) is 49.4 Å². The molecule has 0 heterocycles. The normalized spacial score (nSPS) is 10.4. The monoisotopic (exact) mass is 390 g/mol. The SMILES string of the molecule is CCN(C(=O)c1cccc(C(=O)NCc2ccc(F)cc2)c1)c1cccc(C)c1. The smallest absolute Gasteiger partial charge is 0.258 e. The molecular weight excluding hydrogens is 367 g/mol. The molecule has 1 N–H and O–H groups in total. The van der Waals surface area contributed by atoms with E-state index in [1.54, 1.807) is 41.3 Å². The maximum Gasteiger partial charge on any atom is 0.258 e. The van der Waals surface area contributed by atoms with E-state index in [4.69, 9.17) is 0 Å². The molecule has 0 aromatic heterocycles. The molecule has 0 unspecified atom stereocenters. The van der Waals surface area contributed by atoms with Crippen LogP contribution in [0.3, 0.4) is 0 Å². The standard InChI is InChI=1S/C24H23FN2O2/c1-3-27(22-9-4-6-17(2)14-22)24(29)20-8-5-7-19(15-20)23(28)26-16-18-10-12-21(25)13-11-18/h4-15H,3,16H2,1-2H3,(H,26,28). The van der Waals surface area contributed by atoms with Crippen molar-refractivity contribution in [2.24, 2.45) is 0 Å². The number of carbonyl (C=O) groups excluding carboxylic acids is 2. The Morgan fingerprint density at radius 1 is 0.931 bits per heavy atom. The van der Waals surface area contributed by atoms with Crippen LogP contribution in [0.1, 0.15) is 38.8 Å². The first-order valence-electron chi connectivity index (χ1n) is 9.49. The van der Waals surface area contributed by atoms with Crippen LogP contribution in [0.15, 0.2) is 72.8 Å². The van der Waals surface area contributed by atoms with Gasteiger partial charge < -0.3 is 10.2 Å². The van der Waals surface area contributed by atoms with Gasteiger partial charge in [-0.1, -0.05) is 30.3 Å². The van der Waals surface area contributed by atoms with E-state index < -0.39 is 0 Å². The Hall–Kier alpha value is -3.47. The molecule has 0 aliphatic carbocycles. The number of hydrogen-bond donors (Lipinski definition) is 1. The lowest BCUT2D eigenvalue weighted by atomic mass is 10.1. The zero-order chi connectivity index (χ0) is 20.8. The number of nitrogens with zero attached hydrogens (tertiary/aromatic N) is 1. The summed E-state index contributed by atoms with van der Waals surface area (Å²) in [4.78, 5) is 27.2. The van der Waals surface area contributed by atoms with Gasteiger partial charge in [0, 0.05) is 29.9 Å². The number of amides is 2. The molecule has 0 spiro atoms. The Balaban J connectivity index is 1.74. The van der Waals surface area contributed by atoms with E-state index in [1.807, 2.05) is 38.1 Å². The highest BCUT2D eigenvalue weighted by molar-refractivity contribution is 6.07. The molecule has 0 saturated carbocycles. The zero-order valence-electron chi connectivity index (χ0n) is 16.5. The highest BCUT2D eigenvalue weighted by Crippen LogP contribution is 2.19. The molecule has 3 aromatic rings. The average Bonchev–Trinajstić information content (AvgIpc) is 2.74.